The van der Waals surface area contributed by atoms with E-state index in [1.165, 1.54) is 0 Å². The molecule has 0 bridgehead atoms. The number of amides is 1. The van der Waals surface area contributed by atoms with Crippen LogP contribution in [0, 0.1) is 0 Å². The van der Waals surface area contributed by atoms with Gasteiger partial charge in [-0.15, -0.1) is 0 Å². The molecule has 1 saturated heterocycles. The van der Waals surface area contributed by atoms with Crippen LogP contribution in [0.2, 0.25) is 0 Å². The average molecular weight is 375 g/mol. The highest BCUT2D eigenvalue weighted by Crippen LogP contribution is 2.26. The van der Waals surface area contributed by atoms with Crippen molar-refractivity contribution in [3.63, 3.8) is 0 Å². The van der Waals surface area contributed by atoms with E-state index in [1.807, 2.05) is 24.3 Å². The fourth-order valence-electron chi connectivity index (χ4n) is 2.26. The minimum absolute atomic E-state index is 0.0529. The molecule has 2 N–H and O–H groups in total. The number of rotatable bonds is 4. The van der Waals surface area contributed by atoms with Crippen LogP contribution < -0.4 is 10.0 Å². The van der Waals surface area contributed by atoms with Crippen LogP contribution >= 0.6 is 15.9 Å². The lowest BCUT2D eigenvalue weighted by Gasteiger charge is -2.33. The van der Waals surface area contributed by atoms with Crippen molar-refractivity contribution < 1.29 is 13.2 Å². The predicted octanol–water partition coefficient (Wildman–Crippen LogP) is 2.10. The zero-order valence-corrected chi connectivity index (χ0v) is 14.4. The Morgan fingerprint density at radius 1 is 1.29 bits per heavy atom. The molecule has 1 heterocycles. The molecular formula is C14H19BrN2O3S. The molecule has 0 aliphatic carbocycles. The first kappa shape index (κ1) is 16.5. The van der Waals surface area contributed by atoms with Crippen LogP contribution in [0.1, 0.15) is 38.3 Å². The summed E-state index contributed by atoms with van der Waals surface area (Å²) in [7, 11) is -3.37. The van der Waals surface area contributed by atoms with Crippen molar-refractivity contribution >= 4 is 31.9 Å². The third-order valence-corrected chi connectivity index (χ3v) is 5.97. The molecule has 1 aromatic rings. The highest BCUT2D eigenvalue weighted by atomic mass is 79.9. The average Bonchev–Trinajstić information content (AvgIpc) is 2.41. The van der Waals surface area contributed by atoms with Gasteiger partial charge in [-0.25, -0.2) is 13.1 Å². The predicted molar refractivity (Wildman–Crippen MR) is 85.2 cm³/mol. The van der Waals surface area contributed by atoms with Crippen LogP contribution in [0.3, 0.4) is 0 Å². The molecule has 1 fully saturated rings. The van der Waals surface area contributed by atoms with Crippen LogP contribution in [0.5, 0.6) is 0 Å². The molecule has 1 aliphatic rings. The first-order valence-electron chi connectivity index (χ1n) is 6.85. The van der Waals surface area contributed by atoms with Gasteiger partial charge in [-0.1, -0.05) is 28.1 Å². The number of benzene rings is 1. The Morgan fingerprint density at radius 3 is 2.48 bits per heavy atom. The van der Waals surface area contributed by atoms with Crippen molar-refractivity contribution in [2.75, 3.05) is 0 Å². The Labute approximate surface area is 133 Å². The van der Waals surface area contributed by atoms with Crippen molar-refractivity contribution in [2.45, 2.75) is 44.0 Å². The standard InChI is InChI=1S/C14H19BrN2O3S/c1-9(2)21(19,20)17-12-7-8-13(18)16-14(12)10-3-5-11(15)6-4-10/h3-6,9,12,14,17H,7-8H2,1-2H3,(H,16,18). The SMILES string of the molecule is CC(C)S(=O)(=O)NC1CCC(=O)NC1c1ccc(Br)cc1. The first-order valence-corrected chi connectivity index (χ1v) is 9.19. The zero-order valence-electron chi connectivity index (χ0n) is 12.0. The number of sulfonamides is 1. The van der Waals surface area contributed by atoms with Crippen LogP contribution in [0.25, 0.3) is 0 Å². The van der Waals surface area contributed by atoms with E-state index < -0.39 is 15.3 Å². The fourth-order valence-corrected chi connectivity index (χ4v) is 3.47. The molecule has 5 nitrogen and oxygen atoms in total. The number of hydrogen-bond donors (Lipinski definition) is 2. The number of carbonyl (C=O) groups excluding carboxylic acids is 1. The Bertz CT molecular complexity index is 614. The molecule has 0 aromatic heterocycles. The smallest absolute Gasteiger partial charge is 0.220 e. The van der Waals surface area contributed by atoms with Gasteiger partial charge in [0.2, 0.25) is 15.9 Å². The van der Waals surface area contributed by atoms with Crippen LogP contribution in [-0.2, 0) is 14.8 Å². The molecular weight excluding hydrogens is 356 g/mol. The summed E-state index contributed by atoms with van der Waals surface area (Å²) < 4.78 is 27.8. The summed E-state index contributed by atoms with van der Waals surface area (Å²) in [5.74, 6) is -0.0529. The van der Waals surface area contributed by atoms with Crippen LogP contribution in [-0.4, -0.2) is 25.6 Å². The molecule has 0 radical (unpaired) electrons. The summed E-state index contributed by atoms with van der Waals surface area (Å²) in [6, 6.07) is 6.87. The second-order valence-corrected chi connectivity index (χ2v) is 8.64. The monoisotopic (exact) mass is 374 g/mol. The van der Waals surface area contributed by atoms with Gasteiger partial charge < -0.3 is 5.32 Å². The van der Waals surface area contributed by atoms with Gasteiger partial charge in [0.05, 0.1) is 11.3 Å². The lowest BCUT2D eigenvalue weighted by molar-refractivity contribution is -0.123. The summed E-state index contributed by atoms with van der Waals surface area (Å²) in [5, 5.41) is 2.38. The second kappa shape index (κ2) is 6.46. The molecule has 2 rings (SSSR count). The van der Waals surface area contributed by atoms with Crippen LogP contribution in [0.4, 0.5) is 0 Å². The van der Waals surface area contributed by atoms with Crippen molar-refractivity contribution in [2.24, 2.45) is 0 Å². The highest BCUT2D eigenvalue weighted by molar-refractivity contribution is 9.10. The molecule has 0 spiro atoms. The minimum Gasteiger partial charge on any atom is -0.348 e. The topological polar surface area (TPSA) is 75.3 Å². The number of piperidine rings is 1. The van der Waals surface area contributed by atoms with E-state index in [9.17, 15) is 13.2 Å². The van der Waals surface area contributed by atoms with Crippen molar-refractivity contribution in [3.05, 3.63) is 34.3 Å². The number of hydrogen-bond acceptors (Lipinski definition) is 3. The molecule has 7 heteroatoms. The molecule has 2 atom stereocenters. The van der Waals surface area contributed by atoms with Crippen molar-refractivity contribution in [3.8, 4) is 0 Å². The van der Waals surface area contributed by atoms with E-state index in [-0.39, 0.29) is 18.0 Å². The lowest BCUT2D eigenvalue weighted by Crippen LogP contribution is -2.51. The summed E-state index contributed by atoms with van der Waals surface area (Å²) in [5.41, 5.74) is 0.891. The van der Waals surface area contributed by atoms with Gasteiger partial charge in [0.1, 0.15) is 0 Å². The normalized spacial score (nSPS) is 23.1. The molecule has 21 heavy (non-hydrogen) atoms. The largest absolute Gasteiger partial charge is 0.348 e. The van der Waals surface area contributed by atoms with E-state index in [4.69, 9.17) is 0 Å². The Hall–Kier alpha value is -0.920. The summed E-state index contributed by atoms with van der Waals surface area (Å²) in [4.78, 5) is 11.7. The molecule has 1 aliphatic heterocycles. The van der Waals surface area contributed by atoms with E-state index >= 15 is 0 Å². The van der Waals surface area contributed by atoms with Gasteiger partial charge in [-0.2, -0.15) is 0 Å². The lowest BCUT2D eigenvalue weighted by atomic mass is 9.93. The van der Waals surface area contributed by atoms with Crippen molar-refractivity contribution in [1.82, 2.24) is 10.0 Å². The van der Waals surface area contributed by atoms with Gasteiger partial charge in [0, 0.05) is 16.9 Å². The van der Waals surface area contributed by atoms with Gasteiger partial charge in [-0.05, 0) is 38.0 Å². The molecule has 1 amide bonds. The Balaban J connectivity index is 2.25. The summed E-state index contributed by atoms with van der Waals surface area (Å²) in [6.45, 7) is 3.27. The van der Waals surface area contributed by atoms with Gasteiger partial charge in [0.25, 0.3) is 0 Å². The summed E-state index contributed by atoms with van der Waals surface area (Å²) in [6.07, 6.45) is 0.830. The van der Waals surface area contributed by atoms with E-state index in [1.54, 1.807) is 13.8 Å². The zero-order chi connectivity index (χ0) is 15.6. The minimum atomic E-state index is -3.37. The van der Waals surface area contributed by atoms with E-state index in [2.05, 4.69) is 26.0 Å². The maximum absolute atomic E-state index is 12.1. The number of nitrogens with one attached hydrogen (secondary N) is 2. The maximum Gasteiger partial charge on any atom is 0.220 e. The molecule has 0 saturated carbocycles. The van der Waals surface area contributed by atoms with E-state index in [0.717, 1.165) is 10.0 Å². The van der Waals surface area contributed by atoms with Crippen LogP contribution in [0.15, 0.2) is 28.7 Å². The number of carbonyl (C=O) groups is 1. The maximum atomic E-state index is 12.1. The Kier molecular flexibility index (Phi) is 5.06. The third-order valence-electron chi connectivity index (χ3n) is 3.57. The second-order valence-electron chi connectivity index (χ2n) is 5.45. The summed E-state index contributed by atoms with van der Waals surface area (Å²) >= 11 is 3.37. The third kappa shape index (κ3) is 4.05. The molecule has 1 aromatic carbocycles. The number of halogens is 1. The molecule has 116 valence electrons. The fraction of sp³-hybridized carbons (Fsp3) is 0.500. The highest BCUT2D eigenvalue weighted by Gasteiger charge is 2.33. The van der Waals surface area contributed by atoms with Gasteiger partial charge in [-0.3, -0.25) is 4.79 Å². The first-order chi connectivity index (χ1) is 9.79. The van der Waals surface area contributed by atoms with Crippen molar-refractivity contribution in [1.29, 1.82) is 0 Å². The quantitative estimate of drug-likeness (QED) is 0.846. The Morgan fingerprint density at radius 2 is 1.90 bits per heavy atom. The van der Waals surface area contributed by atoms with Gasteiger partial charge in [0.15, 0.2) is 0 Å². The van der Waals surface area contributed by atoms with E-state index in [0.29, 0.717) is 12.8 Å². The van der Waals surface area contributed by atoms with Gasteiger partial charge >= 0.3 is 0 Å². The molecule has 2 unspecified atom stereocenters.